The highest BCUT2D eigenvalue weighted by Gasteiger charge is 2.44. The Labute approximate surface area is 167 Å². The van der Waals surface area contributed by atoms with Crippen molar-refractivity contribution < 1.29 is 14.2 Å². The first-order valence-corrected chi connectivity index (χ1v) is 10.8. The van der Waals surface area contributed by atoms with Crippen molar-refractivity contribution in [2.75, 3.05) is 13.7 Å². The number of guanidine groups is 1. The van der Waals surface area contributed by atoms with E-state index in [0.29, 0.717) is 36.8 Å². The number of fused-ring (bicyclic) bond motifs is 3. The molecular weight excluding hydrogens is 354 g/mol. The molecule has 2 saturated heterocycles. The normalized spacial score (nSPS) is 35.5. The molecule has 0 spiro atoms. The monoisotopic (exact) mass is 385 g/mol. The van der Waals surface area contributed by atoms with Crippen LogP contribution in [-0.2, 0) is 11.2 Å². The zero-order chi connectivity index (χ0) is 19.3. The SMILES string of the molecule is CCOc1cc2c(cc1C1CC1NC(=NC)NC1CC3CCC1O3)OC(C)C2. The Kier molecular flexibility index (Phi) is 4.62. The summed E-state index contributed by atoms with van der Waals surface area (Å²) in [5.74, 6) is 3.36. The predicted molar refractivity (Wildman–Crippen MR) is 108 cm³/mol. The zero-order valence-corrected chi connectivity index (χ0v) is 17.0. The van der Waals surface area contributed by atoms with Crippen LogP contribution in [0.25, 0.3) is 0 Å². The highest BCUT2D eigenvalue weighted by molar-refractivity contribution is 5.81. The Hall–Kier alpha value is -1.95. The van der Waals surface area contributed by atoms with Crippen LogP contribution in [-0.4, -0.2) is 50.0 Å². The van der Waals surface area contributed by atoms with Gasteiger partial charge in [-0.3, -0.25) is 4.99 Å². The average Bonchev–Trinajstić information content (AvgIpc) is 3.00. The second-order valence-electron chi connectivity index (χ2n) is 8.59. The van der Waals surface area contributed by atoms with Crippen molar-refractivity contribution in [2.45, 2.75) is 82.3 Å². The van der Waals surface area contributed by atoms with E-state index in [0.717, 1.165) is 43.1 Å². The van der Waals surface area contributed by atoms with E-state index in [9.17, 15) is 0 Å². The Bertz CT molecular complexity index is 781. The lowest BCUT2D eigenvalue weighted by Crippen LogP contribution is -2.48. The summed E-state index contributed by atoms with van der Waals surface area (Å²) in [7, 11) is 1.84. The van der Waals surface area contributed by atoms with E-state index < -0.39 is 0 Å². The number of benzene rings is 1. The van der Waals surface area contributed by atoms with Crippen molar-refractivity contribution >= 4 is 5.96 Å². The second-order valence-corrected chi connectivity index (χ2v) is 8.59. The van der Waals surface area contributed by atoms with Gasteiger partial charge in [-0.25, -0.2) is 0 Å². The number of aliphatic imine (C=N–C) groups is 1. The summed E-state index contributed by atoms with van der Waals surface area (Å²) in [4.78, 5) is 4.45. The highest BCUT2D eigenvalue weighted by Crippen LogP contribution is 2.48. The van der Waals surface area contributed by atoms with Crippen molar-refractivity contribution in [3.8, 4) is 11.5 Å². The molecule has 3 aliphatic heterocycles. The van der Waals surface area contributed by atoms with Crippen LogP contribution in [0.1, 0.15) is 56.6 Å². The quantitative estimate of drug-likeness (QED) is 0.603. The summed E-state index contributed by atoms with van der Waals surface area (Å²) >= 11 is 0. The molecule has 0 amide bonds. The van der Waals surface area contributed by atoms with E-state index in [-0.39, 0.29) is 6.10 Å². The number of ether oxygens (including phenoxy) is 3. The van der Waals surface area contributed by atoms with Gasteiger partial charge in [0.25, 0.3) is 0 Å². The fraction of sp³-hybridized carbons (Fsp3) is 0.682. The molecule has 1 saturated carbocycles. The van der Waals surface area contributed by atoms with Crippen LogP contribution in [0, 0.1) is 0 Å². The number of nitrogens with zero attached hydrogens (tertiary/aromatic N) is 1. The molecule has 3 fully saturated rings. The van der Waals surface area contributed by atoms with Crippen molar-refractivity contribution in [3.05, 3.63) is 23.3 Å². The van der Waals surface area contributed by atoms with E-state index in [2.05, 4.69) is 34.7 Å². The Morgan fingerprint density at radius 2 is 2.07 bits per heavy atom. The van der Waals surface area contributed by atoms with Gasteiger partial charge in [0.1, 0.15) is 17.6 Å². The van der Waals surface area contributed by atoms with Gasteiger partial charge in [0.2, 0.25) is 0 Å². The van der Waals surface area contributed by atoms with Crippen LogP contribution in [0.3, 0.4) is 0 Å². The molecule has 2 bridgehead atoms. The Morgan fingerprint density at radius 1 is 1.21 bits per heavy atom. The summed E-state index contributed by atoms with van der Waals surface area (Å²) in [5.41, 5.74) is 2.52. The fourth-order valence-corrected chi connectivity index (χ4v) is 5.04. The Morgan fingerprint density at radius 3 is 2.79 bits per heavy atom. The molecule has 5 rings (SSSR count). The van der Waals surface area contributed by atoms with Gasteiger partial charge < -0.3 is 24.8 Å². The van der Waals surface area contributed by atoms with Gasteiger partial charge >= 0.3 is 0 Å². The van der Waals surface area contributed by atoms with Crippen LogP contribution in [0.2, 0.25) is 0 Å². The molecule has 2 N–H and O–H groups in total. The minimum Gasteiger partial charge on any atom is -0.494 e. The number of nitrogens with one attached hydrogen (secondary N) is 2. The van der Waals surface area contributed by atoms with E-state index in [1.807, 2.05) is 14.0 Å². The van der Waals surface area contributed by atoms with Crippen molar-refractivity contribution in [3.63, 3.8) is 0 Å². The maximum Gasteiger partial charge on any atom is 0.191 e. The van der Waals surface area contributed by atoms with Gasteiger partial charge in [-0.1, -0.05) is 0 Å². The smallest absolute Gasteiger partial charge is 0.191 e. The predicted octanol–water partition coefficient (Wildman–Crippen LogP) is 2.75. The van der Waals surface area contributed by atoms with Gasteiger partial charge in [-0.05, 0) is 51.7 Å². The van der Waals surface area contributed by atoms with E-state index in [1.165, 1.54) is 17.5 Å². The third-order valence-corrected chi connectivity index (χ3v) is 6.49. The van der Waals surface area contributed by atoms with E-state index in [4.69, 9.17) is 14.2 Å². The molecule has 0 radical (unpaired) electrons. The number of hydrogen-bond donors (Lipinski definition) is 2. The lowest BCUT2D eigenvalue weighted by Gasteiger charge is -2.23. The van der Waals surface area contributed by atoms with E-state index >= 15 is 0 Å². The van der Waals surface area contributed by atoms with Gasteiger partial charge in [0.15, 0.2) is 5.96 Å². The molecule has 6 unspecified atom stereocenters. The minimum absolute atomic E-state index is 0.250. The van der Waals surface area contributed by atoms with Crippen molar-refractivity contribution in [1.29, 1.82) is 0 Å². The van der Waals surface area contributed by atoms with Crippen LogP contribution >= 0.6 is 0 Å². The molecule has 3 heterocycles. The molecule has 1 aromatic rings. The van der Waals surface area contributed by atoms with Gasteiger partial charge in [0.05, 0.1) is 24.9 Å². The largest absolute Gasteiger partial charge is 0.494 e. The lowest BCUT2D eigenvalue weighted by molar-refractivity contribution is 0.0992. The first-order valence-electron chi connectivity index (χ1n) is 10.8. The summed E-state index contributed by atoms with van der Waals surface area (Å²) < 4.78 is 17.9. The number of hydrogen-bond acceptors (Lipinski definition) is 4. The summed E-state index contributed by atoms with van der Waals surface area (Å²) in [6.07, 6.45) is 6.55. The van der Waals surface area contributed by atoms with Gasteiger partial charge in [-0.2, -0.15) is 0 Å². The molecule has 6 heteroatoms. The van der Waals surface area contributed by atoms with Gasteiger partial charge in [0, 0.05) is 36.6 Å². The standard InChI is InChI=1S/C22H31N3O3/c1-4-26-21-8-13-7-12(2)27-20(13)11-16(21)15-10-17(15)24-22(23-3)25-18-9-14-5-6-19(18)28-14/h8,11-12,14-15,17-19H,4-7,9-10H2,1-3H3,(H2,23,24,25). The first kappa shape index (κ1) is 18.1. The summed E-state index contributed by atoms with van der Waals surface area (Å²) in [6.45, 7) is 4.85. The van der Waals surface area contributed by atoms with Crippen molar-refractivity contribution in [1.82, 2.24) is 10.6 Å². The van der Waals surface area contributed by atoms with Crippen LogP contribution < -0.4 is 20.1 Å². The summed E-state index contributed by atoms with van der Waals surface area (Å²) in [5, 5.41) is 7.19. The van der Waals surface area contributed by atoms with Crippen LogP contribution in [0.5, 0.6) is 11.5 Å². The lowest BCUT2D eigenvalue weighted by atomic mass is 9.96. The topological polar surface area (TPSA) is 64.1 Å². The number of rotatable bonds is 5. The third kappa shape index (κ3) is 3.32. The molecule has 1 aliphatic carbocycles. The molecule has 0 aromatic heterocycles. The second kappa shape index (κ2) is 7.14. The minimum atomic E-state index is 0.250. The molecule has 4 aliphatic rings. The van der Waals surface area contributed by atoms with Crippen LogP contribution in [0.4, 0.5) is 0 Å². The van der Waals surface area contributed by atoms with E-state index in [1.54, 1.807) is 0 Å². The zero-order valence-electron chi connectivity index (χ0n) is 17.0. The molecule has 6 atom stereocenters. The van der Waals surface area contributed by atoms with Crippen molar-refractivity contribution in [2.24, 2.45) is 4.99 Å². The first-order chi connectivity index (χ1) is 13.6. The maximum absolute atomic E-state index is 5.99. The van der Waals surface area contributed by atoms with Gasteiger partial charge in [-0.15, -0.1) is 0 Å². The molecule has 28 heavy (non-hydrogen) atoms. The third-order valence-electron chi connectivity index (χ3n) is 6.49. The molecule has 6 nitrogen and oxygen atoms in total. The Balaban J connectivity index is 1.26. The molecule has 152 valence electrons. The maximum atomic E-state index is 5.99. The van der Waals surface area contributed by atoms with Crippen LogP contribution in [0.15, 0.2) is 17.1 Å². The molecule has 1 aromatic carbocycles. The molecular formula is C22H31N3O3. The fourth-order valence-electron chi connectivity index (χ4n) is 5.04. The average molecular weight is 386 g/mol. The summed E-state index contributed by atoms with van der Waals surface area (Å²) in [6, 6.07) is 5.15. The highest BCUT2D eigenvalue weighted by atomic mass is 16.5.